The molecule has 2 aromatic rings. The average molecular weight is 279 g/mol. The molecule has 6 nitrogen and oxygen atoms in total. The van der Waals surface area contributed by atoms with E-state index >= 15 is 0 Å². The van der Waals surface area contributed by atoms with Crippen LogP contribution in [0.25, 0.3) is 0 Å². The first-order valence-electron chi connectivity index (χ1n) is 6.15. The van der Waals surface area contributed by atoms with Crippen molar-refractivity contribution < 1.29 is 4.74 Å². The summed E-state index contributed by atoms with van der Waals surface area (Å²) in [4.78, 5) is 13.7. The molecular weight excluding hydrogens is 262 g/mol. The highest BCUT2D eigenvalue weighted by Gasteiger charge is 2.09. The van der Waals surface area contributed by atoms with Crippen molar-refractivity contribution in [3.05, 3.63) is 22.4 Å². The molecule has 2 aromatic heterocycles. The number of nitrogens with one attached hydrogen (secondary N) is 1. The van der Waals surface area contributed by atoms with E-state index in [1.165, 1.54) is 11.2 Å². The summed E-state index contributed by atoms with van der Waals surface area (Å²) in [7, 11) is 0. The smallest absolute Gasteiger partial charge is 0.242 e. The van der Waals surface area contributed by atoms with Gasteiger partial charge in [-0.1, -0.05) is 6.92 Å². The number of hydrogen-bond acceptors (Lipinski definition) is 7. The lowest BCUT2D eigenvalue weighted by molar-refractivity contribution is 0.328. The topological polar surface area (TPSA) is 86.0 Å². The summed E-state index contributed by atoms with van der Waals surface area (Å²) in [6, 6.07) is 0. The number of nitrogens with two attached hydrogens (primary N) is 1. The van der Waals surface area contributed by atoms with Crippen molar-refractivity contribution in [1.29, 1.82) is 0 Å². The Kier molecular flexibility index (Phi) is 4.51. The molecule has 0 spiro atoms. The van der Waals surface area contributed by atoms with Crippen LogP contribution < -0.4 is 15.8 Å². The molecule has 0 radical (unpaired) electrons. The van der Waals surface area contributed by atoms with Crippen LogP contribution >= 0.6 is 11.3 Å². The summed E-state index contributed by atoms with van der Waals surface area (Å²) in [5.74, 6) is 0.986. The Bertz CT molecular complexity index is 543. The van der Waals surface area contributed by atoms with E-state index in [2.05, 4.69) is 27.2 Å². The molecule has 0 unspecified atom stereocenters. The van der Waals surface area contributed by atoms with Crippen molar-refractivity contribution >= 4 is 22.8 Å². The third-order valence-electron chi connectivity index (χ3n) is 2.49. The Morgan fingerprint density at radius 1 is 1.32 bits per heavy atom. The summed E-state index contributed by atoms with van der Waals surface area (Å²) >= 11 is 1.68. The molecule has 2 rings (SSSR count). The van der Waals surface area contributed by atoms with Crippen molar-refractivity contribution in [3.63, 3.8) is 0 Å². The molecule has 3 N–H and O–H groups in total. The minimum atomic E-state index is 0.411. The summed E-state index contributed by atoms with van der Waals surface area (Å²) in [6.07, 6.45) is 4.33. The molecule has 102 valence electrons. The van der Waals surface area contributed by atoms with Crippen molar-refractivity contribution in [2.24, 2.45) is 0 Å². The maximum atomic E-state index is 5.94. The van der Waals surface area contributed by atoms with E-state index in [0.717, 1.165) is 11.4 Å². The van der Waals surface area contributed by atoms with Crippen LogP contribution in [0.1, 0.15) is 23.7 Å². The monoisotopic (exact) mass is 279 g/mol. The lowest BCUT2D eigenvalue weighted by atomic mass is 10.4. The van der Waals surface area contributed by atoms with Gasteiger partial charge in [-0.15, -0.1) is 11.3 Å². The van der Waals surface area contributed by atoms with Crippen molar-refractivity contribution in [2.45, 2.75) is 26.8 Å². The van der Waals surface area contributed by atoms with Crippen LogP contribution in [0.15, 0.2) is 12.5 Å². The number of ether oxygens (including phenoxy) is 1. The van der Waals surface area contributed by atoms with Gasteiger partial charge in [0.05, 0.1) is 13.2 Å². The van der Waals surface area contributed by atoms with Crippen LogP contribution in [0.2, 0.25) is 0 Å². The Morgan fingerprint density at radius 3 is 2.84 bits per heavy atom. The summed E-state index contributed by atoms with van der Waals surface area (Å²) in [6.45, 7) is 5.11. The SMILES string of the molecule is CCOc1ncnc(NCc2ncc(CC)s2)c1N. The normalized spacial score (nSPS) is 10.4. The first-order valence-corrected chi connectivity index (χ1v) is 6.97. The van der Waals surface area contributed by atoms with Gasteiger partial charge in [-0.25, -0.2) is 9.97 Å². The van der Waals surface area contributed by atoms with Gasteiger partial charge in [0.15, 0.2) is 5.82 Å². The van der Waals surface area contributed by atoms with E-state index in [4.69, 9.17) is 10.5 Å². The number of nitrogen functional groups attached to an aromatic ring is 1. The van der Waals surface area contributed by atoms with Crippen LogP contribution in [-0.2, 0) is 13.0 Å². The number of thiazole rings is 1. The van der Waals surface area contributed by atoms with Gasteiger partial charge in [0.25, 0.3) is 0 Å². The molecule has 2 heterocycles. The van der Waals surface area contributed by atoms with Gasteiger partial charge in [0, 0.05) is 11.1 Å². The van der Waals surface area contributed by atoms with Gasteiger partial charge in [-0.3, -0.25) is 0 Å². The third kappa shape index (κ3) is 3.31. The Hall–Kier alpha value is -1.89. The predicted molar refractivity (Wildman–Crippen MR) is 76.4 cm³/mol. The van der Waals surface area contributed by atoms with E-state index in [1.807, 2.05) is 13.1 Å². The Labute approximate surface area is 116 Å². The first-order chi connectivity index (χ1) is 9.24. The molecular formula is C12H17N5OS. The molecule has 0 amide bonds. The van der Waals surface area contributed by atoms with E-state index in [-0.39, 0.29) is 0 Å². The van der Waals surface area contributed by atoms with E-state index in [9.17, 15) is 0 Å². The van der Waals surface area contributed by atoms with E-state index in [1.54, 1.807) is 11.3 Å². The molecule has 0 aliphatic rings. The minimum absolute atomic E-state index is 0.411. The fourth-order valence-electron chi connectivity index (χ4n) is 1.52. The van der Waals surface area contributed by atoms with Gasteiger partial charge in [0.1, 0.15) is 17.0 Å². The lowest BCUT2D eigenvalue weighted by Crippen LogP contribution is -2.07. The standard InChI is InChI=1S/C12H17N5OS/c1-3-8-5-14-9(19-8)6-15-11-10(13)12(18-4-2)17-7-16-11/h5,7H,3-4,6,13H2,1-2H3,(H,15,16,17). The van der Waals surface area contributed by atoms with E-state index in [0.29, 0.717) is 30.5 Å². The molecule has 0 atom stereocenters. The maximum Gasteiger partial charge on any atom is 0.242 e. The maximum absolute atomic E-state index is 5.94. The molecule has 0 aliphatic carbocycles. The number of aromatic nitrogens is 3. The second kappa shape index (κ2) is 6.33. The number of rotatable bonds is 6. The molecule has 0 aliphatic heterocycles. The highest BCUT2D eigenvalue weighted by molar-refractivity contribution is 7.11. The van der Waals surface area contributed by atoms with Gasteiger partial charge in [-0.2, -0.15) is 4.98 Å². The number of hydrogen-bond donors (Lipinski definition) is 2. The third-order valence-corrected chi connectivity index (χ3v) is 3.63. The zero-order valence-corrected chi connectivity index (χ0v) is 11.8. The number of nitrogens with zero attached hydrogens (tertiary/aromatic N) is 3. The average Bonchev–Trinajstić information content (AvgIpc) is 2.88. The number of aryl methyl sites for hydroxylation is 1. The summed E-state index contributed by atoms with van der Waals surface area (Å²) in [5.41, 5.74) is 6.36. The summed E-state index contributed by atoms with van der Waals surface area (Å²) in [5, 5.41) is 4.16. The van der Waals surface area contributed by atoms with Crippen LogP contribution in [0.4, 0.5) is 11.5 Å². The van der Waals surface area contributed by atoms with Crippen LogP contribution in [0.5, 0.6) is 5.88 Å². The highest BCUT2D eigenvalue weighted by atomic mass is 32.1. The molecule has 0 bridgehead atoms. The zero-order valence-electron chi connectivity index (χ0n) is 11.0. The summed E-state index contributed by atoms with van der Waals surface area (Å²) < 4.78 is 5.32. The minimum Gasteiger partial charge on any atom is -0.476 e. The first kappa shape index (κ1) is 13.5. The van der Waals surface area contributed by atoms with Gasteiger partial charge in [-0.05, 0) is 13.3 Å². The van der Waals surface area contributed by atoms with Crippen LogP contribution in [-0.4, -0.2) is 21.6 Å². The van der Waals surface area contributed by atoms with Gasteiger partial charge < -0.3 is 15.8 Å². The highest BCUT2D eigenvalue weighted by Crippen LogP contribution is 2.25. The quantitative estimate of drug-likeness (QED) is 0.842. The zero-order chi connectivity index (χ0) is 13.7. The van der Waals surface area contributed by atoms with E-state index < -0.39 is 0 Å². The number of anilines is 2. The predicted octanol–water partition coefficient (Wildman–Crippen LogP) is 2.09. The second-order valence-electron chi connectivity index (χ2n) is 3.80. The van der Waals surface area contributed by atoms with Gasteiger partial charge >= 0.3 is 0 Å². The molecule has 7 heteroatoms. The largest absolute Gasteiger partial charge is 0.476 e. The fourth-order valence-corrected chi connectivity index (χ4v) is 2.33. The van der Waals surface area contributed by atoms with Crippen molar-refractivity contribution in [1.82, 2.24) is 15.0 Å². The van der Waals surface area contributed by atoms with Crippen LogP contribution in [0, 0.1) is 0 Å². The van der Waals surface area contributed by atoms with Crippen molar-refractivity contribution in [2.75, 3.05) is 17.7 Å². The molecule has 19 heavy (non-hydrogen) atoms. The van der Waals surface area contributed by atoms with Crippen molar-refractivity contribution in [3.8, 4) is 5.88 Å². The Morgan fingerprint density at radius 2 is 2.16 bits per heavy atom. The molecule has 0 aromatic carbocycles. The van der Waals surface area contributed by atoms with Gasteiger partial charge in [0.2, 0.25) is 5.88 Å². The van der Waals surface area contributed by atoms with Crippen LogP contribution in [0.3, 0.4) is 0 Å². The fraction of sp³-hybridized carbons (Fsp3) is 0.417. The Balaban J connectivity index is 2.04. The molecule has 0 saturated heterocycles. The lowest BCUT2D eigenvalue weighted by Gasteiger charge is -2.09. The second-order valence-corrected chi connectivity index (χ2v) is 5.00. The molecule has 0 saturated carbocycles. The molecule has 0 fully saturated rings.